The molecular weight excluding hydrogens is 222 g/mol. The maximum atomic E-state index is 6.41. The van der Waals surface area contributed by atoms with Gasteiger partial charge in [-0.2, -0.15) is 0 Å². The highest BCUT2D eigenvalue weighted by Gasteiger charge is 2.18. The van der Waals surface area contributed by atoms with Crippen molar-refractivity contribution in [1.82, 2.24) is 0 Å². The molecule has 0 aliphatic rings. The van der Waals surface area contributed by atoms with Gasteiger partial charge in [0.2, 0.25) is 0 Å². The molecule has 0 radical (unpaired) electrons. The van der Waals surface area contributed by atoms with Crippen LogP contribution in [0.25, 0.3) is 0 Å². The third-order valence-corrected chi connectivity index (χ3v) is 3.84. The lowest BCUT2D eigenvalue weighted by atomic mass is 9.88. The van der Waals surface area contributed by atoms with Gasteiger partial charge in [0.15, 0.2) is 0 Å². The molecule has 18 heavy (non-hydrogen) atoms. The second kappa shape index (κ2) is 4.62. The number of furan rings is 1. The maximum absolute atomic E-state index is 6.41. The van der Waals surface area contributed by atoms with Crippen LogP contribution in [0.3, 0.4) is 0 Å². The Balaban J connectivity index is 2.57. The van der Waals surface area contributed by atoms with E-state index in [-0.39, 0.29) is 6.04 Å². The SMILES string of the molecule is Cc1cc(C(N)c2c(C)c(C)cc(C)c2C)co1. The summed E-state index contributed by atoms with van der Waals surface area (Å²) in [6.45, 7) is 10.5. The summed E-state index contributed by atoms with van der Waals surface area (Å²) in [5.41, 5.74) is 13.8. The zero-order valence-corrected chi connectivity index (χ0v) is 11.8. The lowest BCUT2D eigenvalue weighted by Crippen LogP contribution is -2.15. The first kappa shape index (κ1) is 12.9. The zero-order valence-electron chi connectivity index (χ0n) is 11.8. The molecule has 1 aromatic heterocycles. The molecule has 0 amide bonds. The van der Waals surface area contributed by atoms with E-state index in [0.717, 1.165) is 11.3 Å². The average molecular weight is 243 g/mol. The van der Waals surface area contributed by atoms with Crippen LogP contribution < -0.4 is 5.73 Å². The Labute approximate surface area is 109 Å². The summed E-state index contributed by atoms with van der Waals surface area (Å²) in [4.78, 5) is 0. The molecule has 0 bridgehead atoms. The summed E-state index contributed by atoms with van der Waals surface area (Å²) in [7, 11) is 0. The van der Waals surface area contributed by atoms with Gasteiger partial charge in [0.05, 0.1) is 12.3 Å². The third-order valence-electron chi connectivity index (χ3n) is 3.84. The Morgan fingerprint density at radius 2 is 1.50 bits per heavy atom. The monoisotopic (exact) mass is 243 g/mol. The van der Waals surface area contributed by atoms with Gasteiger partial charge in [-0.3, -0.25) is 0 Å². The minimum atomic E-state index is -0.110. The van der Waals surface area contributed by atoms with Crippen LogP contribution in [0.1, 0.15) is 45.2 Å². The van der Waals surface area contributed by atoms with Crippen LogP contribution >= 0.6 is 0 Å². The fourth-order valence-corrected chi connectivity index (χ4v) is 2.51. The standard InChI is InChI=1S/C16H21NO/c1-9-6-10(2)13(5)15(12(9)4)16(17)14-7-11(3)18-8-14/h6-8,16H,17H2,1-5H3. The minimum Gasteiger partial charge on any atom is -0.469 e. The van der Waals surface area contributed by atoms with E-state index in [1.165, 1.54) is 27.8 Å². The van der Waals surface area contributed by atoms with Crippen molar-refractivity contribution in [2.45, 2.75) is 40.7 Å². The predicted molar refractivity (Wildman–Crippen MR) is 74.9 cm³/mol. The van der Waals surface area contributed by atoms with Crippen LogP contribution in [-0.4, -0.2) is 0 Å². The quantitative estimate of drug-likeness (QED) is 0.869. The van der Waals surface area contributed by atoms with E-state index in [9.17, 15) is 0 Å². The van der Waals surface area contributed by atoms with Crippen molar-refractivity contribution in [2.24, 2.45) is 5.73 Å². The fourth-order valence-electron chi connectivity index (χ4n) is 2.51. The van der Waals surface area contributed by atoms with E-state index in [0.29, 0.717) is 0 Å². The van der Waals surface area contributed by atoms with Gasteiger partial charge >= 0.3 is 0 Å². The van der Waals surface area contributed by atoms with Gasteiger partial charge in [-0.25, -0.2) is 0 Å². The van der Waals surface area contributed by atoms with Crippen LogP contribution in [0.4, 0.5) is 0 Å². The van der Waals surface area contributed by atoms with Crippen molar-refractivity contribution in [3.63, 3.8) is 0 Å². The number of benzene rings is 1. The van der Waals surface area contributed by atoms with Crippen LogP contribution in [0.15, 0.2) is 22.8 Å². The second-order valence-corrected chi connectivity index (χ2v) is 5.14. The Morgan fingerprint density at radius 3 is 1.94 bits per heavy atom. The van der Waals surface area contributed by atoms with Crippen molar-refractivity contribution in [1.29, 1.82) is 0 Å². The Kier molecular flexibility index (Phi) is 3.31. The molecule has 2 rings (SSSR count). The first-order valence-corrected chi connectivity index (χ1v) is 6.29. The molecule has 2 nitrogen and oxygen atoms in total. The molecule has 0 saturated carbocycles. The Hall–Kier alpha value is -1.54. The summed E-state index contributed by atoms with van der Waals surface area (Å²) < 4.78 is 5.37. The highest BCUT2D eigenvalue weighted by atomic mass is 16.3. The average Bonchev–Trinajstić information content (AvgIpc) is 2.73. The van der Waals surface area contributed by atoms with E-state index in [4.69, 9.17) is 10.2 Å². The summed E-state index contributed by atoms with van der Waals surface area (Å²) >= 11 is 0. The Bertz CT molecular complexity index is 555. The number of hydrogen-bond donors (Lipinski definition) is 1. The van der Waals surface area contributed by atoms with Crippen LogP contribution in [0.2, 0.25) is 0 Å². The van der Waals surface area contributed by atoms with Gasteiger partial charge in [0.25, 0.3) is 0 Å². The van der Waals surface area contributed by atoms with Crippen molar-refractivity contribution in [3.8, 4) is 0 Å². The molecule has 0 aliphatic heterocycles. The highest BCUT2D eigenvalue weighted by Crippen LogP contribution is 2.30. The second-order valence-electron chi connectivity index (χ2n) is 5.14. The predicted octanol–water partition coefficient (Wildman–Crippen LogP) is 3.87. The molecule has 2 N–H and O–H groups in total. The topological polar surface area (TPSA) is 39.2 Å². The van der Waals surface area contributed by atoms with Gasteiger partial charge in [-0.15, -0.1) is 0 Å². The summed E-state index contributed by atoms with van der Waals surface area (Å²) in [5, 5.41) is 0. The molecule has 1 heterocycles. The normalized spacial score (nSPS) is 12.8. The molecule has 1 aromatic carbocycles. The van der Waals surface area contributed by atoms with Crippen molar-refractivity contribution < 1.29 is 4.42 Å². The number of hydrogen-bond acceptors (Lipinski definition) is 2. The van der Waals surface area contributed by atoms with E-state index in [1.54, 1.807) is 6.26 Å². The summed E-state index contributed by atoms with van der Waals surface area (Å²) in [6.07, 6.45) is 1.76. The number of rotatable bonds is 2. The minimum absolute atomic E-state index is 0.110. The van der Waals surface area contributed by atoms with Gasteiger partial charge in [-0.1, -0.05) is 6.07 Å². The van der Waals surface area contributed by atoms with Crippen molar-refractivity contribution in [3.05, 3.63) is 57.5 Å². The molecule has 0 spiro atoms. The van der Waals surface area contributed by atoms with Gasteiger partial charge in [-0.05, 0) is 68.5 Å². The first-order valence-electron chi connectivity index (χ1n) is 6.29. The molecule has 0 aliphatic carbocycles. The number of aryl methyl sites for hydroxylation is 3. The van der Waals surface area contributed by atoms with Crippen molar-refractivity contribution >= 4 is 0 Å². The molecule has 2 heteroatoms. The molecule has 0 saturated heterocycles. The van der Waals surface area contributed by atoms with Gasteiger partial charge in [0, 0.05) is 5.56 Å². The molecule has 96 valence electrons. The van der Waals surface area contributed by atoms with Gasteiger partial charge < -0.3 is 10.2 Å². The third kappa shape index (κ3) is 2.08. The highest BCUT2D eigenvalue weighted by molar-refractivity contribution is 5.48. The zero-order chi connectivity index (χ0) is 13.4. The van der Waals surface area contributed by atoms with Crippen LogP contribution in [-0.2, 0) is 0 Å². The van der Waals surface area contributed by atoms with E-state index in [1.807, 2.05) is 13.0 Å². The first-order chi connectivity index (χ1) is 8.41. The van der Waals surface area contributed by atoms with E-state index >= 15 is 0 Å². The molecule has 0 fully saturated rings. The van der Waals surface area contributed by atoms with Crippen molar-refractivity contribution in [2.75, 3.05) is 0 Å². The molecule has 1 unspecified atom stereocenters. The lowest BCUT2D eigenvalue weighted by molar-refractivity contribution is 0.530. The van der Waals surface area contributed by atoms with Crippen LogP contribution in [0, 0.1) is 34.6 Å². The smallest absolute Gasteiger partial charge is 0.101 e. The molecule has 1 atom stereocenters. The fraction of sp³-hybridized carbons (Fsp3) is 0.375. The Morgan fingerprint density at radius 1 is 0.944 bits per heavy atom. The van der Waals surface area contributed by atoms with E-state index < -0.39 is 0 Å². The number of nitrogens with two attached hydrogens (primary N) is 1. The summed E-state index contributed by atoms with van der Waals surface area (Å²) in [6, 6.07) is 4.13. The maximum Gasteiger partial charge on any atom is 0.101 e. The van der Waals surface area contributed by atoms with Crippen LogP contribution in [0.5, 0.6) is 0 Å². The van der Waals surface area contributed by atoms with Gasteiger partial charge in [0.1, 0.15) is 5.76 Å². The van der Waals surface area contributed by atoms with E-state index in [2.05, 4.69) is 33.8 Å². The lowest BCUT2D eigenvalue weighted by Gasteiger charge is -2.20. The molecular formula is C16H21NO. The summed E-state index contributed by atoms with van der Waals surface area (Å²) in [5.74, 6) is 0.903. The largest absolute Gasteiger partial charge is 0.469 e. The molecule has 2 aromatic rings.